The maximum Gasteiger partial charge on any atom is 0.259 e. The van der Waals surface area contributed by atoms with Gasteiger partial charge in [0.25, 0.3) is 11.6 Å². The van der Waals surface area contributed by atoms with E-state index in [1.54, 1.807) is 13.0 Å². The molecule has 7 nitrogen and oxygen atoms in total. The van der Waals surface area contributed by atoms with Gasteiger partial charge in [0.05, 0.1) is 45.1 Å². The van der Waals surface area contributed by atoms with Crippen molar-refractivity contribution in [2.24, 2.45) is 0 Å². The van der Waals surface area contributed by atoms with E-state index in [1.807, 2.05) is 79.2 Å². The van der Waals surface area contributed by atoms with Crippen molar-refractivity contribution < 1.29 is 9.32 Å². The molecular formula is C25H21N5O2. The van der Waals surface area contributed by atoms with Crippen molar-refractivity contribution >= 4 is 22.7 Å². The Morgan fingerprint density at radius 1 is 0.938 bits per heavy atom. The number of rotatable bonds is 4. The molecule has 1 N–H and O–H groups in total. The molecule has 0 fully saturated rings. The van der Waals surface area contributed by atoms with Crippen LogP contribution in [-0.4, -0.2) is 25.8 Å². The highest BCUT2D eigenvalue weighted by Crippen LogP contribution is 2.29. The summed E-state index contributed by atoms with van der Waals surface area (Å²) in [6.07, 6.45) is 0. The first-order valence-electron chi connectivity index (χ1n) is 10.3. The first-order valence-corrected chi connectivity index (χ1v) is 10.3. The normalized spacial score (nSPS) is 11.1. The molecule has 0 aliphatic rings. The monoisotopic (exact) mass is 423 g/mol. The fourth-order valence-electron chi connectivity index (χ4n) is 3.86. The van der Waals surface area contributed by atoms with E-state index in [0.717, 1.165) is 22.6 Å². The van der Waals surface area contributed by atoms with E-state index < -0.39 is 0 Å². The summed E-state index contributed by atoms with van der Waals surface area (Å²) in [6, 6.07) is 21.3. The highest BCUT2D eigenvalue weighted by atomic mass is 16.5. The first-order chi connectivity index (χ1) is 15.5. The number of carbonyl (C=O) groups is 1. The molecule has 0 atom stereocenters. The van der Waals surface area contributed by atoms with Gasteiger partial charge >= 0.3 is 0 Å². The minimum atomic E-state index is -0.264. The largest absolute Gasteiger partial charge is 0.335 e. The third-order valence-corrected chi connectivity index (χ3v) is 5.46. The van der Waals surface area contributed by atoms with Crippen LogP contribution >= 0.6 is 0 Å². The van der Waals surface area contributed by atoms with Crippen LogP contribution in [0.2, 0.25) is 0 Å². The highest BCUT2D eigenvalue weighted by Gasteiger charge is 2.22. The number of hydrogen-bond donors (Lipinski definition) is 1. The van der Waals surface area contributed by atoms with E-state index in [-0.39, 0.29) is 5.91 Å². The van der Waals surface area contributed by atoms with E-state index >= 15 is 0 Å². The fraction of sp³-hybridized carbons (Fsp3) is 0.120. The van der Waals surface area contributed by atoms with Gasteiger partial charge in [0.15, 0.2) is 0 Å². The number of nitrogens with zero attached hydrogens (tertiary/aromatic N) is 4. The molecule has 5 rings (SSSR count). The molecule has 7 heteroatoms. The van der Waals surface area contributed by atoms with Crippen LogP contribution in [0.25, 0.3) is 28.0 Å². The van der Waals surface area contributed by atoms with Crippen molar-refractivity contribution in [1.29, 1.82) is 0 Å². The van der Waals surface area contributed by atoms with E-state index in [9.17, 15) is 4.79 Å². The predicted molar refractivity (Wildman–Crippen MR) is 123 cm³/mol. The molecule has 0 radical (unpaired) electrons. The molecule has 2 aromatic carbocycles. The van der Waals surface area contributed by atoms with Crippen LogP contribution in [0.15, 0.2) is 71.3 Å². The van der Waals surface area contributed by atoms with Crippen LogP contribution < -0.4 is 5.32 Å². The summed E-state index contributed by atoms with van der Waals surface area (Å²) in [7, 11) is 0. The van der Waals surface area contributed by atoms with Gasteiger partial charge in [-0.2, -0.15) is 5.10 Å². The van der Waals surface area contributed by atoms with Crippen LogP contribution in [-0.2, 0) is 0 Å². The third kappa shape index (κ3) is 3.33. The maximum atomic E-state index is 13.5. The second-order valence-corrected chi connectivity index (χ2v) is 7.62. The molecule has 32 heavy (non-hydrogen) atoms. The number of amides is 1. The van der Waals surface area contributed by atoms with Gasteiger partial charge in [-0.05, 0) is 39.0 Å². The van der Waals surface area contributed by atoms with Gasteiger partial charge in [-0.25, -0.2) is 9.67 Å². The molecule has 1 amide bonds. The van der Waals surface area contributed by atoms with Crippen LogP contribution in [0.4, 0.5) is 5.69 Å². The van der Waals surface area contributed by atoms with E-state index in [0.29, 0.717) is 33.7 Å². The first kappa shape index (κ1) is 19.7. The summed E-state index contributed by atoms with van der Waals surface area (Å²) in [6.45, 7) is 5.62. The molecule has 5 aromatic rings. The van der Waals surface area contributed by atoms with Crippen molar-refractivity contribution in [1.82, 2.24) is 19.9 Å². The second kappa shape index (κ2) is 7.77. The number of fused-ring (bicyclic) bond motifs is 1. The molecule has 0 unspecified atom stereocenters. The van der Waals surface area contributed by atoms with E-state index in [2.05, 4.69) is 20.6 Å². The van der Waals surface area contributed by atoms with Gasteiger partial charge in [0.1, 0.15) is 0 Å². The lowest BCUT2D eigenvalue weighted by atomic mass is 10.0. The average molecular weight is 423 g/mol. The summed E-state index contributed by atoms with van der Waals surface area (Å²) < 4.78 is 7.23. The van der Waals surface area contributed by atoms with Gasteiger partial charge in [-0.1, -0.05) is 53.7 Å². The Labute approximate surface area is 184 Å². The van der Waals surface area contributed by atoms with Crippen molar-refractivity contribution in [3.8, 4) is 16.9 Å². The van der Waals surface area contributed by atoms with E-state index in [1.165, 1.54) is 0 Å². The standard InChI is InChI=1S/C25H21N5O2/c1-15-22-20(14-21(26-25(22)32-29-15)18-10-6-4-7-11-18)24(31)27-23-16(2)28-30(17(23)3)19-12-8-5-9-13-19/h4-14H,1-3H3,(H,27,31). The number of aryl methyl sites for hydroxylation is 2. The van der Waals surface area contributed by atoms with Gasteiger partial charge in [0, 0.05) is 5.56 Å². The van der Waals surface area contributed by atoms with Crippen molar-refractivity contribution in [3.63, 3.8) is 0 Å². The van der Waals surface area contributed by atoms with E-state index in [4.69, 9.17) is 4.52 Å². The molecule has 158 valence electrons. The molecule has 0 aliphatic carbocycles. The number of nitrogens with one attached hydrogen (secondary N) is 1. The Bertz CT molecular complexity index is 1440. The molecule has 0 aliphatic heterocycles. The van der Waals surface area contributed by atoms with Crippen molar-refractivity contribution in [2.75, 3.05) is 5.32 Å². The van der Waals surface area contributed by atoms with Gasteiger partial charge in [-0.3, -0.25) is 4.79 Å². The van der Waals surface area contributed by atoms with Gasteiger partial charge in [0.2, 0.25) is 0 Å². The number of aromatic nitrogens is 4. The molecule has 0 saturated heterocycles. The quantitative estimate of drug-likeness (QED) is 0.426. The molecule has 0 bridgehead atoms. The van der Waals surface area contributed by atoms with Gasteiger partial charge in [-0.15, -0.1) is 0 Å². The average Bonchev–Trinajstić information content (AvgIpc) is 3.34. The topological polar surface area (TPSA) is 85.8 Å². The number of carbonyl (C=O) groups excluding carboxylic acids is 1. The zero-order valence-corrected chi connectivity index (χ0v) is 18.0. The Balaban J connectivity index is 1.58. The Morgan fingerprint density at radius 3 is 2.34 bits per heavy atom. The summed E-state index contributed by atoms with van der Waals surface area (Å²) in [5.74, 6) is -0.264. The number of pyridine rings is 1. The summed E-state index contributed by atoms with van der Waals surface area (Å²) in [5.41, 5.74) is 6.13. The fourth-order valence-corrected chi connectivity index (χ4v) is 3.86. The Morgan fingerprint density at radius 2 is 1.62 bits per heavy atom. The molecule has 3 aromatic heterocycles. The zero-order chi connectivity index (χ0) is 22.2. The summed E-state index contributed by atoms with van der Waals surface area (Å²) in [5, 5.41) is 12.3. The third-order valence-electron chi connectivity index (χ3n) is 5.46. The lowest BCUT2D eigenvalue weighted by molar-refractivity contribution is 0.102. The number of para-hydroxylation sites is 1. The van der Waals surface area contributed by atoms with Crippen LogP contribution in [0.3, 0.4) is 0 Å². The molecule has 0 spiro atoms. The number of benzene rings is 2. The van der Waals surface area contributed by atoms with Crippen molar-refractivity contribution in [2.45, 2.75) is 20.8 Å². The molecular weight excluding hydrogens is 402 g/mol. The summed E-state index contributed by atoms with van der Waals surface area (Å²) in [4.78, 5) is 18.0. The number of anilines is 1. The predicted octanol–water partition coefficient (Wildman–Crippen LogP) is 5.25. The highest BCUT2D eigenvalue weighted by molar-refractivity contribution is 6.13. The molecule has 3 heterocycles. The smallest absolute Gasteiger partial charge is 0.259 e. The summed E-state index contributed by atoms with van der Waals surface area (Å²) >= 11 is 0. The Hall–Kier alpha value is -4.26. The number of hydrogen-bond acceptors (Lipinski definition) is 5. The van der Waals surface area contributed by atoms with Crippen LogP contribution in [0.5, 0.6) is 0 Å². The van der Waals surface area contributed by atoms with Crippen LogP contribution in [0.1, 0.15) is 27.4 Å². The lowest BCUT2D eigenvalue weighted by Gasteiger charge is -2.09. The lowest BCUT2D eigenvalue weighted by Crippen LogP contribution is -2.14. The Kier molecular flexibility index (Phi) is 4.78. The zero-order valence-electron chi connectivity index (χ0n) is 18.0. The van der Waals surface area contributed by atoms with Crippen molar-refractivity contribution in [3.05, 3.63) is 89.4 Å². The van der Waals surface area contributed by atoms with Crippen LogP contribution in [0, 0.1) is 20.8 Å². The maximum absolute atomic E-state index is 13.5. The SMILES string of the molecule is Cc1nn(-c2ccccc2)c(C)c1NC(=O)c1cc(-c2ccccc2)nc2onc(C)c12. The minimum Gasteiger partial charge on any atom is -0.335 e. The van der Waals surface area contributed by atoms with Gasteiger partial charge < -0.3 is 9.84 Å². The minimum absolute atomic E-state index is 0.264. The second-order valence-electron chi connectivity index (χ2n) is 7.62. The molecule has 0 saturated carbocycles.